The van der Waals surface area contributed by atoms with Crippen LogP contribution in [-0.4, -0.2) is 18.0 Å². The highest BCUT2D eigenvalue weighted by Crippen LogP contribution is 2.68. The van der Waals surface area contributed by atoms with Crippen molar-refractivity contribution in [2.24, 2.45) is 27.9 Å². The zero-order chi connectivity index (χ0) is 13.2. The van der Waals surface area contributed by atoms with Crippen LogP contribution in [0.15, 0.2) is 0 Å². The van der Waals surface area contributed by atoms with Gasteiger partial charge >= 0.3 is 0 Å². The lowest BCUT2D eigenvalue weighted by Crippen LogP contribution is -2.64. The van der Waals surface area contributed by atoms with E-state index in [-0.39, 0.29) is 40.2 Å². The highest BCUT2D eigenvalue weighted by Gasteiger charge is 2.68. The number of hydrogen-bond donors (Lipinski definition) is 2. The third-order valence-corrected chi connectivity index (χ3v) is 5.94. The smallest absolute Gasteiger partial charge is 0.224 e. The fraction of sp³-hybridized carbons (Fsp3) is 0.929. The van der Waals surface area contributed by atoms with Gasteiger partial charge in [-0.25, -0.2) is 0 Å². The predicted octanol–water partition coefficient (Wildman–Crippen LogP) is 1.91. The molecule has 17 heavy (non-hydrogen) atoms. The first-order chi connectivity index (χ1) is 7.53. The van der Waals surface area contributed by atoms with Crippen molar-refractivity contribution in [2.75, 3.05) is 0 Å². The average molecular weight is 238 g/mol. The Morgan fingerprint density at radius 2 is 1.59 bits per heavy atom. The zero-order valence-corrected chi connectivity index (χ0v) is 11.9. The molecular formula is C14H26N2O. The van der Waals surface area contributed by atoms with E-state index in [1.165, 1.54) is 0 Å². The first-order valence-electron chi connectivity index (χ1n) is 6.59. The molecule has 3 N–H and O–H groups in total. The summed E-state index contributed by atoms with van der Waals surface area (Å²) in [6.07, 6.45) is 0.909. The number of rotatable bonds is 2. The molecule has 2 unspecified atom stereocenters. The number of carbonyl (C=O) groups excluding carboxylic acids is 1. The molecule has 2 aliphatic carbocycles. The first-order valence-corrected chi connectivity index (χ1v) is 6.59. The van der Waals surface area contributed by atoms with Crippen molar-refractivity contribution < 1.29 is 4.79 Å². The Morgan fingerprint density at radius 3 is 1.88 bits per heavy atom. The Balaban J connectivity index is 1.97. The van der Waals surface area contributed by atoms with Crippen LogP contribution in [0.5, 0.6) is 0 Å². The number of amides is 1. The van der Waals surface area contributed by atoms with E-state index in [0.717, 1.165) is 6.42 Å². The number of hydrogen-bond acceptors (Lipinski definition) is 2. The highest BCUT2D eigenvalue weighted by molar-refractivity contribution is 5.84. The summed E-state index contributed by atoms with van der Waals surface area (Å²) < 4.78 is 0. The van der Waals surface area contributed by atoms with E-state index in [2.05, 4.69) is 46.9 Å². The first kappa shape index (κ1) is 12.9. The van der Waals surface area contributed by atoms with Gasteiger partial charge in [-0.05, 0) is 17.3 Å². The molecule has 0 aromatic carbocycles. The minimum absolute atomic E-state index is 0.0405. The third kappa shape index (κ3) is 1.55. The van der Waals surface area contributed by atoms with E-state index in [0.29, 0.717) is 0 Å². The van der Waals surface area contributed by atoms with Crippen LogP contribution in [0.1, 0.15) is 48.0 Å². The second-order valence-corrected chi connectivity index (χ2v) is 7.60. The van der Waals surface area contributed by atoms with Gasteiger partial charge in [0.1, 0.15) is 0 Å². The van der Waals surface area contributed by atoms with Gasteiger partial charge in [-0.2, -0.15) is 0 Å². The van der Waals surface area contributed by atoms with Crippen molar-refractivity contribution in [2.45, 2.75) is 60.0 Å². The molecule has 2 atom stereocenters. The summed E-state index contributed by atoms with van der Waals surface area (Å²) in [5, 5.41) is 3.19. The van der Waals surface area contributed by atoms with Gasteiger partial charge in [0.2, 0.25) is 5.91 Å². The van der Waals surface area contributed by atoms with Crippen molar-refractivity contribution >= 4 is 5.91 Å². The summed E-state index contributed by atoms with van der Waals surface area (Å²) in [6, 6.07) is 0.463. The highest BCUT2D eigenvalue weighted by atomic mass is 16.2. The minimum atomic E-state index is 0.0405. The van der Waals surface area contributed by atoms with Crippen molar-refractivity contribution in [1.29, 1.82) is 0 Å². The molecule has 3 nitrogen and oxygen atoms in total. The summed E-state index contributed by atoms with van der Waals surface area (Å²) in [6.45, 7) is 13.0. The SMILES string of the molecule is CC1(C)C(N)CC1NC(=O)C1C(C)(C)C1(C)C. The molecule has 0 radical (unpaired) electrons. The lowest BCUT2D eigenvalue weighted by atomic mass is 9.63. The van der Waals surface area contributed by atoms with E-state index in [1.807, 2.05) is 0 Å². The van der Waals surface area contributed by atoms with E-state index in [1.54, 1.807) is 0 Å². The Labute approximate surface area is 105 Å². The molecule has 0 spiro atoms. The molecular weight excluding hydrogens is 212 g/mol. The van der Waals surface area contributed by atoms with Crippen LogP contribution in [0, 0.1) is 22.2 Å². The normalized spacial score (nSPS) is 37.1. The molecule has 0 aliphatic heterocycles. The monoisotopic (exact) mass is 238 g/mol. The maximum absolute atomic E-state index is 12.3. The molecule has 2 saturated carbocycles. The van der Waals surface area contributed by atoms with Gasteiger partial charge in [0.05, 0.1) is 0 Å². The fourth-order valence-corrected chi connectivity index (χ4v) is 3.31. The van der Waals surface area contributed by atoms with Crippen molar-refractivity contribution in [3.05, 3.63) is 0 Å². The quantitative estimate of drug-likeness (QED) is 0.772. The molecule has 3 heteroatoms. The summed E-state index contributed by atoms with van der Waals surface area (Å²) in [4.78, 5) is 12.3. The van der Waals surface area contributed by atoms with Gasteiger partial charge < -0.3 is 11.1 Å². The van der Waals surface area contributed by atoms with E-state index < -0.39 is 0 Å². The van der Waals surface area contributed by atoms with Crippen LogP contribution in [0.3, 0.4) is 0 Å². The van der Waals surface area contributed by atoms with Crippen LogP contribution in [0.4, 0.5) is 0 Å². The van der Waals surface area contributed by atoms with Gasteiger partial charge in [0.25, 0.3) is 0 Å². The minimum Gasteiger partial charge on any atom is -0.352 e. The summed E-state index contributed by atoms with van der Waals surface area (Å²) in [7, 11) is 0. The summed E-state index contributed by atoms with van der Waals surface area (Å²) in [5.74, 6) is 0.354. The van der Waals surface area contributed by atoms with E-state index >= 15 is 0 Å². The molecule has 0 saturated heterocycles. The van der Waals surface area contributed by atoms with Crippen molar-refractivity contribution in [3.8, 4) is 0 Å². The van der Waals surface area contributed by atoms with Crippen LogP contribution >= 0.6 is 0 Å². The second-order valence-electron chi connectivity index (χ2n) is 7.60. The summed E-state index contributed by atoms with van der Waals surface area (Å²) >= 11 is 0. The van der Waals surface area contributed by atoms with Crippen LogP contribution in [0.2, 0.25) is 0 Å². The topological polar surface area (TPSA) is 55.1 Å². The maximum atomic E-state index is 12.3. The molecule has 98 valence electrons. The van der Waals surface area contributed by atoms with Gasteiger partial charge in [0.15, 0.2) is 0 Å². The molecule has 0 heterocycles. The van der Waals surface area contributed by atoms with Gasteiger partial charge in [-0.1, -0.05) is 41.5 Å². The summed E-state index contributed by atoms with van der Waals surface area (Å²) in [5.41, 5.74) is 6.25. The van der Waals surface area contributed by atoms with Gasteiger partial charge in [0, 0.05) is 23.4 Å². The van der Waals surface area contributed by atoms with Crippen molar-refractivity contribution in [3.63, 3.8) is 0 Å². The number of nitrogens with two attached hydrogens (primary N) is 1. The Bertz CT molecular complexity index is 343. The molecule has 0 aromatic rings. The van der Waals surface area contributed by atoms with Gasteiger partial charge in [-0.15, -0.1) is 0 Å². The standard InChI is InChI=1S/C14H26N2O/c1-12(2)8(15)7-9(12)16-11(17)10-13(3,4)14(10,5)6/h8-10H,7,15H2,1-6H3,(H,16,17). The third-order valence-electron chi connectivity index (χ3n) is 5.94. The largest absolute Gasteiger partial charge is 0.352 e. The van der Waals surface area contributed by atoms with Crippen LogP contribution in [-0.2, 0) is 4.79 Å². The lowest BCUT2D eigenvalue weighted by Gasteiger charge is -2.50. The van der Waals surface area contributed by atoms with Crippen LogP contribution < -0.4 is 11.1 Å². The van der Waals surface area contributed by atoms with Gasteiger partial charge in [-0.3, -0.25) is 4.79 Å². The number of carbonyl (C=O) groups is 1. The molecule has 0 aromatic heterocycles. The molecule has 0 bridgehead atoms. The second kappa shape index (κ2) is 3.25. The molecule has 2 aliphatic rings. The average Bonchev–Trinajstić information content (AvgIpc) is 2.56. The maximum Gasteiger partial charge on any atom is 0.224 e. The molecule has 2 fully saturated rings. The Kier molecular flexibility index (Phi) is 2.46. The van der Waals surface area contributed by atoms with Crippen molar-refractivity contribution in [1.82, 2.24) is 5.32 Å². The zero-order valence-electron chi connectivity index (χ0n) is 11.9. The Morgan fingerprint density at radius 1 is 1.12 bits per heavy atom. The fourth-order valence-electron chi connectivity index (χ4n) is 3.31. The Hall–Kier alpha value is -0.570. The molecule has 2 rings (SSSR count). The predicted molar refractivity (Wildman–Crippen MR) is 69.4 cm³/mol. The van der Waals surface area contributed by atoms with Crippen LogP contribution in [0.25, 0.3) is 0 Å². The van der Waals surface area contributed by atoms with E-state index in [4.69, 9.17) is 5.73 Å². The number of nitrogens with one attached hydrogen (secondary N) is 1. The molecule has 1 amide bonds. The van der Waals surface area contributed by atoms with E-state index in [9.17, 15) is 4.79 Å². The lowest BCUT2D eigenvalue weighted by molar-refractivity contribution is -0.126.